The first kappa shape index (κ1) is 24.7. The molecule has 4 aliphatic rings. The van der Waals surface area contributed by atoms with Crippen molar-refractivity contribution in [1.29, 1.82) is 0 Å². The van der Waals surface area contributed by atoms with Crippen LogP contribution in [0, 0.1) is 46.3 Å². The quantitative estimate of drug-likeness (QED) is 0.431. The first-order valence-corrected chi connectivity index (χ1v) is 13.7. The molecule has 0 radical (unpaired) electrons. The van der Waals surface area contributed by atoms with E-state index in [0.29, 0.717) is 35.5 Å². The largest absolute Gasteiger partial charge is 0.393 e. The van der Waals surface area contributed by atoms with Gasteiger partial charge in [-0.05, 0) is 111 Å². The summed E-state index contributed by atoms with van der Waals surface area (Å²) in [5.74, 6) is 3.19. The lowest BCUT2D eigenvalue weighted by Gasteiger charge is -2.61. The molecule has 3 fully saturated rings. The van der Waals surface area contributed by atoms with Crippen LogP contribution in [0.1, 0.15) is 106 Å². The van der Waals surface area contributed by atoms with Gasteiger partial charge in [0.05, 0.1) is 17.8 Å². The van der Waals surface area contributed by atoms with E-state index in [0.717, 1.165) is 51.4 Å². The predicted octanol–water partition coefficient (Wildman–Crippen LogP) is 6.11. The van der Waals surface area contributed by atoms with Gasteiger partial charge in [-0.15, -0.1) is 0 Å². The van der Waals surface area contributed by atoms with Gasteiger partial charge in [-0.2, -0.15) is 0 Å². The van der Waals surface area contributed by atoms with E-state index in [1.807, 2.05) is 0 Å². The van der Waals surface area contributed by atoms with Gasteiger partial charge in [0.15, 0.2) is 0 Å². The van der Waals surface area contributed by atoms with Crippen LogP contribution in [0.15, 0.2) is 11.6 Å². The number of hydrogen-bond acceptors (Lipinski definition) is 3. The van der Waals surface area contributed by atoms with Crippen LogP contribution in [-0.4, -0.2) is 33.1 Å². The van der Waals surface area contributed by atoms with E-state index in [1.165, 1.54) is 18.4 Å². The topological polar surface area (TPSA) is 60.7 Å². The van der Waals surface area contributed by atoms with Crippen molar-refractivity contribution < 1.29 is 15.3 Å². The van der Waals surface area contributed by atoms with Crippen molar-refractivity contribution in [3.63, 3.8) is 0 Å². The molecule has 10 atom stereocenters. The Morgan fingerprint density at radius 2 is 1.81 bits per heavy atom. The summed E-state index contributed by atoms with van der Waals surface area (Å²) in [6.07, 6.45) is 12.1. The van der Waals surface area contributed by atoms with Crippen LogP contribution in [0.5, 0.6) is 0 Å². The molecule has 4 rings (SSSR count). The molecule has 3 saturated carbocycles. The number of aliphatic hydroxyl groups is 3. The monoisotopic (exact) mass is 446 g/mol. The third-order valence-electron chi connectivity index (χ3n) is 11.3. The summed E-state index contributed by atoms with van der Waals surface area (Å²) < 4.78 is 0. The first-order chi connectivity index (χ1) is 14.9. The molecule has 4 aliphatic carbocycles. The van der Waals surface area contributed by atoms with Gasteiger partial charge in [0.25, 0.3) is 0 Å². The fourth-order valence-corrected chi connectivity index (χ4v) is 9.09. The molecule has 0 aromatic heterocycles. The summed E-state index contributed by atoms with van der Waals surface area (Å²) in [5.41, 5.74) is 1.16. The zero-order valence-electron chi connectivity index (χ0n) is 21.6. The number of aliphatic hydroxyl groups excluding tert-OH is 2. The number of rotatable bonds is 6. The second-order valence-corrected chi connectivity index (χ2v) is 13.3. The summed E-state index contributed by atoms with van der Waals surface area (Å²) in [7, 11) is 0. The Balaban J connectivity index is 1.54. The first-order valence-electron chi connectivity index (χ1n) is 13.7. The Morgan fingerprint density at radius 3 is 2.47 bits per heavy atom. The van der Waals surface area contributed by atoms with Gasteiger partial charge in [0.1, 0.15) is 0 Å². The third-order valence-corrected chi connectivity index (χ3v) is 11.3. The highest BCUT2D eigenvalue weighted by Gasteiger charge is 2.62. The Bertz CT molecular complexity index is 715. The van der Waals surface area contributed by atoms with Crippen molar-refractivity contribution in [1.82, 2.24) is 0 Å². The van der Waals surface area contributed by atoms with Gasteiger partial charge in [-0.3, -0.25) is 0 Å². The molecule has 0 aromatic rings. The molecule has 1 unspecified atom stereocenters. The SMILES string of the molecule is CC[C@]1(O)CC[C@@]2(C)C(=CC[C@H]3[C@@H]4CC[C@H]([C@H](C)CC[C@H](O)C(C)C)[C@@]4(C)CC(O)[C@@H]32)C1. The maximum absolute atomic E-state index is 11.7. The average Bonchev–Trinajstić information content (AvgIpc) is 3.08. The van der Waals surface area contributed by atoms with Gasteiger partial charge in [-0.1, -0.05) is 53.2 Å². The lowest BCUT2D eigenvalue weighted by atomic mass is 9.45. The molecule has 184 valence electrons. The fourth-order valence-electron chi connectivity index (χ4n) is 9.09. The van der Waals surface area contributed by atoms with Gasteiger partial charge < -0.3 is 15.3 Å². The minimum atomic E-state index is -0.541. The smallest absolute Gasteiger partial charge is 0.0682 e. The van der Waals surface area contributed by atoms with E-state index in [9.17, 15) is 15.3 Å². The van der Waals surface area contributed by atoms with Crippen LogP contribution in [0.4, 0.5) is 0 Å². The molecule has 0 heterocycles. The van der Waals surface area contributed by atoms with Crippen LogP contribution in [0.2, 0.25) is 0 Å². The highest BCUT2D eigenvalue weighted by molar-refractivity contribution is 5.28. The zero-order chi connectivity index (χ0) is 23.5. The molecule has 0 saturated heterocycles. The minimum Gasteiger partial charge on any atom is -0.393 e. The normalized spacial score (nSPS) is 47.9. The molecule has 0 bridgehead atoms. The van der Waals surface area contributed by atoms with Crippen molar-refractivity contribution in [3.05, 3.63) is 11.6 Å². The Labute approximate surface area is 197 Å². The van der Waals surface area contributed by atoms with Gasteiger partial charge in [0.2, 0.25) is 0 Å². The van der Waals surface area contributed by atoms with Crippen LogP contribution in [0.3, 0.4) is 0 Å². The molecule has 3 heteroatoms. The number of allylic oxidation sites excluding steroid dienone is 1. The maximum Gasteiger partial charge on any atom is 0.0682 e. The Kier molecular flexibility index (Phi) is 6.71. The summed E-state index contributed by atoms with van der Waals surface area (Å²) in [6.45, 7) is 13.6. The second-order valence-electron chi connectivity index (χ2n) is 13.3. The zero-order valence-corrected chi connectivity index (χ0v) is 21.6. The van der Waals surface area contributed by atoms with Crippen molar-refractivity contribution in [2.24, 2.45) is 46.3 Å². The van der Waals surface area contributed by atoms with Gasteiger partial charge >= 0.3 is 0 Å². The maximum atomic E-state index is 11.7. The van der Waals surface area contributed by atoms with Crippen molar-refractivity contribution in [3.8, 4) is 0 Å². The molecular formula is C29H50O3. The minimum absolute atomic E-state index is 0.0517. The molecule has 0 spiro atoms. The van der Waals surface area contributed by atoms with Crippen molar-refractivity contribution in [2.75, 3.05) is 0 Å². The van der Waals surface area contributed by atoms with Crippen molar-refractivity contribution in [2.45, 2.75) is 124 Å². The number of hydrogen-bond donors (Lipinski definition) is 3. The molecule has 3 nitrogen and oxygen atoms in total. The predicted molar refractivity (Wildman–Crippen MR) is 131 cm³/mol. The highest BCUT2D eigenvalue weighted by atomic mass is 16.3. The summed E-state index contributed by atoms with van der Waals surface area (Å²) in [6, 6.07) is 0. The standard InChI is InChI=1S/C29H50O3/c1-7-29(32)15-14-27(5)20(16-29)9-10-21-23-12-11-22(19(4)8-13-24(30)18(2)3)28(23,6)17-25(31)26(21)27/h9,18-19,21-26,30-32H,7-8,10-17H2,1-6H3/t19-,21+,22-,23+,24+,25?,26-,27+,28-,29+/m1/s1. The average molecular weight is 447 g/mol. The number of fused-ring (bicyclic) bond motifs is 5. The van der Waals surface area contributed by atoms with Gasteiger partial charge in [0, 0.05) is 0 Å². The molecule has 0 aromatic carbocycles. The molecule has 0 aliphatic heterocycles. The summed E-state index contributed by atoms with van der Waals surface area (Å²) >= 11 is 0. The molecule has 0 amide bonds. The van der Waals surface area contributed by atoms with E-state index in [-0.39, 0.29) is 23.0 Å². The second kappa shape index (κ2) is 8.68. The van der Waals surface area contributed by atoms with Gasteiger partial charge in [-0.25, -0.2) is 0 Å². The van der Waals surface area contributed by atoms with E-state index in [4.69, 9.17) is 0 Å². The lowest BCUT2D eigenvalue weighted by molar-refractivity contribution is -0.136. The van der Waals surface area contributed by atoms with Crippen LogP contribution in [-0.2, 0) is 0 Å². The molecular weight excluding hydrogens is 396 g/mol. The fraction of sp³-hybridized carbons (Fsp3) is 0.931. The van der Waals surface area contributed by atoms with Crippen LogP contribution < -0.4 is 0 Å². The summed E-state index contributed by atoms with van der Waals surface area (Å²) in [5, 5.41) is 33.0. The molecule has 32 heavy (non-hydrogen) atoms. The highest BCUT2D eigenvalue weighted by Crippen LogP contribution is 2.67. The summed E-state index contributed by atoms with van der Waals surface area (Å²) in [4.78, 5) is 0. The Hall–Kier alpha value is -0.380. The van der Waals surface area contributed by atoms with Crippen molar-refractivity contribution >= 4 is 0 Å². The van der Waals surface area contributed by atoms with E-state index >= 15 is 0 Å². The van der Waals surface area contributed by atoms with E-state index in [2.05, 4.69) is 47.6 Å². The Morgan fingerprint density at radius 1 is 1.09 bits per heavy atom. The van der Waals surface area contributed by atoms with Crippen LogP contribution >= 0.6 is 0 Å². The third kappa shape index (κ3) is 3.93. The van der Waals surface area contributed by atoms with Crippen LogP contribution in [0.25, 0.3) is 0 Å². The van der Waals surface area contributed by atoms with E-state index < -0.39 is 5.60 Å². The van der Waals surface area contributed by atoms with E-state index in [1.54, 1.807) is 0 Å². The lowest BCUT2D eigenvalue weighted by Crippen LogP contribution is -2.57. The molecule has 3 N–H and O–H groups in total.